The topological polar surface area (TPSA) is 55.1 Å². The van der Waals surface area contributed by atoms with Gasteiger partial charge in [-0.3, -0.25) is 10.1 Å². The largest absolute Gasteiger partial charge is 0.376 e. The van der Waals surface area contributed by atoms with E-state index < -0.39 is 5.91 Å². The van der Waals surface area contributed by atoms with Crippen molar-refractivity contribution >= 4 is 67.9 Å². The first-order valence-electron chi connectivity index (χ1n) is 4.47. The van der Waals surface area contributed by atoms with Crippen molar-refractivity contribution in [1.29, 1.82) is 0 Å². The second kappa shape index (κ2) is 4.78. The number of benzene rings is 1. The van der Waals surface area contributed by atoms with Crippen LogP contribution in [0.4, 0.5) is 0 Å². The molecule has 0 fully saturated rings. The minimum Gasteiger partial charge on any atom is -0.376 e. The lowest BCUT2D eigenvalue weighted by Gasteiger charge is -1.99. The van der Waals surface area contributed by atoms with Crippen molar-refractivity contribution in [2.75, 3.05) is 0 Å². The molecule has 0 aliphatic rings. The van der Waals surface area contributed by atoms with Crippen LogP contribution in [0.15, 0.2) is 18.2 Å². The average molecular weight is 305 g/mol. The van der Waals surface area contributed by atoms with E-state index in [-0.39, 0.29) is 5.11 Å². The van der Waals surface area contributed by atoms with Crippen LogP contribution < -0.4 is 11.1 Å². The third-order valence-corrected chi connectivity index (χ3v) is 4.03. The predicted molar refractivity (Wildman–Crippen MR) is 76.1 cm³/mol. The maximum atomic E-state index is 11.7. The molecule has 0 aliphatic heterocycles. The highest BCUT2D eigenvalue weighted by atomic mass is 35.5. The lowest BCUT2D eigenvalue weighted by molar-refractivity contribution is 0.0981. The molecule has 0 atom stereocenters. The number of nitrogens with two attached hydrogens (primary N) is 1. The first kappa shape index (κ1) is 12.6. The van der Waals surface area contributed by atoms with E-state index in [4.69, 9.17) is 28.9 Å². The van der Waals surface area contributed by atoms with Crippen LogP contribution in [0, 0.1) is 0 Å². The molecule has 2 rings (SSSR count). The smallest absolute Gasteiger partial charge is 0.269 e. The highest BCUT2D eigenvalue weighted by molar-refractivity contribution is 7.80. The summed E-state index contributed by atoms with van der Waals surface area (Å²) in [5, 5.41) is 4.02. The molecule has 3 N–H and O–H groups in total. The zero-order valence-corrected chi connectivity index (χ0v) is 11.4. The number of rotatable bonds is 1. The lowest BCUT2D eigenvalue weighted by Crippen LogP contribution is -2.34. The highest BCUT2D eigenvalue weighted by Gasteiger charge is 2.17. The van der Waals surface area contributed by atoms with Crippen LogP contribution in [-0.2, 0) is 0 Å². The molecule has 88 valence electrons. The molecular formula is C10H6Cl2N2OS2. The van der Waals surface area contributed by atoms with Crippen LogP contribution >= 0.6 is 46.8 Å². The number of halogens is 2. The zero-order chi connectivity index (χ0) is 12.6. The SMILES string of the molecule is NC(=S)NC(=O)c1sc2cc(Cl)ccc2c1Cl. The Morgan fingerprint density at radius 2 is 2.12 bits per heavy atom. The van der Waals surface area contributed by atoms with Crippen LogP contribution in [0.2, 0.25) is 10.0 Å². The Bertz CT molecular complexity index is 624. The minimum atomic E-state index is -0.403. The van der Waals surface area contributed by atoms with Crippen molar-refractivity contribution < 1.29 is 4.79 Å². The fourth-order valence-electron chi connectivity index (χ4n) is 1.35. The molecular weight excluding hydrogens is 299 g/mol. The number of carbonyl (C=O) groups excluding carboxylic acids is 1. The Kier molecular flexibility index (Phi) is 3.53. The quantitative estimate of drug-likeness (QED) is 0.796. The van der Waals surface area contributed by atoms with Gasteiger partial charge in [-0.2, -0.15) is 0 Å². The summed E-state index contributed by atoms with van der Waals surface area (Å²) >= 11 is 17.8. The van der Waals surface area contributed by atoms with Crippen molar-refractivity contribution in [2.24, 2.45) is 5.73 Å². The molecule has 2 aromatic rings. The van der Waals surface area contributed by atoms with Gasteiger partial charge in [0.15, 0.2) is 5.11 Å². The molecule has 1 heterocycles. The zero-order valence-electron chi connectivity index (χ0n) is 8.29. The lowest BCUT2D eigenvalue weighted by atomic mass is 10.2. The Morgan fingerprint density at radius 1 is 1.41 bits per heavy atom. The summed E-state index contributed by atoms with van der Waals surface area (Å²) in [6, 6.07) is 5.25. The maximum absolute atomic E-state index is 11.7. The van der Waals surface area contributed by atoms with E-state index in [2.05, 4.69) is 17.5 Å². The Labute approximate surface area is 116 Å². The number of thiophene rings is 1. The van der Waals surface area contributed by atoms with Gasteiger partial charge in [-0.25, -0.2) is 0 Å². The molecule has 0 radical (unpaired) electrons. The van der Waals surface area contributed by atoms with Gasteiger partial charge in [0.2, 0.25) is 0 Å². The number of hydrogen-bond donors (Lipinski definition) is 2. The minimum absolute atomic E-state index is 0.0819. The predicted octanol–water partition coefficient (Wildman–Crippen LogP) is 3.18. The monoisotopic (exact) mass is 304 g/mol. The van der Waals surface area contributed by atoms with Crippen LogP contribution in [0.25, 0.3) is 10.1 Å². The number of thiocarbonyl (C=S) groups is 1. The fourth-order valence-corrected chi connectivity index (χ4v) is 3.13. The summed E-state index contributed by atoms with van der Waals surface area (Å²) in [4.78, 5) is 12.1. The van der Waals surface area contributed by atoms with Gasteiger partial charge in [0, 0.05) is 15.1 Å². The molecule has 1 aromatic carbocycles. The van der Waals surface area contributed by atoms with Crippen LogP contribution in [0.1, 0.15) is 9.67 Å². The maximum Gasteiger partial charge on any atom is 0.269 e. The van der Waals surface area contributed by atoms with Gasteiger partial charge >= 0.3 is 0 Å². The fraction of sp³-hybridized carbons (Fsp3) is 0. The summed E-state index contributed by atoms with van der Waals surface area (Å²) in [7, 11) is 0. The van der Waals surface area contributed by atoms with Gasteiger partial charge in [-0.05, 0) is 24.4 Å². The summed E-state index contributed by atoms with van der Waals surface area (Å²) in [5.74, 6) is -0.403. The standard InChI is InChI=1S/C10H6Cl2N2OS2/c11-4-1-2-5-6(3-4)17-8(7(5)12)9(15)14-10(13)16/h1-3H,(H3,13,14,15,16). The summed E-state index contributed by atoms with van der Waals surface area (Å²) in [6.07, 6.45) is 0. The molecule has 1 amide bonds. The van der Waals surface area contributed by atoms with Gasteiger partial charge < -0.3 is 5.73 Å². The molecule has 1 aromatic heterocycles. The molecule has 0 saturated heterocycles. The normalized spacial score (nSPS) is 10.5. The highest BCUT2D eigenvalue weighted by Crippen LogP contribution is 2.36. The van der Waals surface area contributed by atoms with E-state index >= 15 is 0 Å². The van der Waals surface area contributed by atoms with Crippen molar-refractivity contribution in [1.82, 2.24) is 5.32 Å². The number of carbonyl (C=O) groups is 1. The van der Waals surface area contributed by atoms with Crippen molar-refractivity contribution in [2.45, 2.75) is 0 Å². The Balaban J connectivity index is 2.52. The molecule has 3 nitrogen and oxygen atoms in total. The van der Waals surface area contributed by atoms with Crippen LogP contribution in [-0.4, -0.2) is 11.0 Å². The first-order chi connectivity index (χ1) is 7.99. The van der Waals surface area contributed by atoms with E-state index in [1.54, 1.807) is 18.2 Å². The third kappa shape index (κ3) is 2.52. The summed E-state index contributed by atoms with van der Waals surface area (Å²) in [5.41, 5.74) is 5.24. The molecule has 7 heteroatoms. The number of amides is 1. The van der Waals surface area contributed by atoms with Crippen molar-refractivity contribution in [3.63, 3.8) is 0 Å². The van der Waals surface area contributed by atoms with Crippen LogP contribution in [0.3, 0.4) is 0 Å². The van der Waals surface area contributed by atoms with Crippen molar-refractivity contribution in [3.05, 3.63) is 33.1 Å². The first-order valence-corrected chi connectivity index (χ1v) is 6.45. The Hall–Kier alpha value is -0.880. The van der Waals surface area contributed by atoms with E-state index in [0.29, 0.717) is 14.9 Å². The van der Waals surface area contributed by atoms with Crippen molar-refractivity contribution in [3.8, 4) is 0 Å². The van der Waals surface area contributed by atoms with E-state index in [0.717, 1.165) is 10.1 Å². The van der Waals surface area contributed by atoms with Gasteiger partial charge in [0.25, 0.3) is 5.91 Å². The van der Waals surface area contributed by atoms with E-state index in [9.17, 15) is 4.79 Å². The summed E-state index contributed by atoms with van der Waals surface area (Å²) < 4.78 is 0.843. The second-order valence-corrected chi connectivity index (χ2v) is 5.51. The molecule has 0 unspecified atom stereocenters. The molecule has 0 aliphatic carbocycles. The molecule has 0 spiro atoms. The average Bonchev–Trinajstić information content (AvgIpc) is 2.54. The van der Waals surface area contributed by atoms with E-state index in [1.165, 1.54) is 11.3 Å². The van der Waals surface area contributed by atoms with E-state index in [1.807, 2.05) is 0 Å². The molecule has 0 saturated carbocycles. The van der Waals surface area contributed by atoms with Gasteiger partial charge in [0.05, 0.1) is 5.02 Å². The van der Waals surface area contributed by atoms with Crippen LogP contribution in [0.5, 0.6) is 0 Å². The molecule has 0 bridgehead atoms. The van der Waals surface area contributed by atoms with Gasteiger partial charge in [-0.1, -0.05) is 29.3 Å². The number of hydrogen-bond acceptors (Lipinski definition) is 3. The summed E-state index contributed by atoms with van der Waals surface area (Å²) in [6.45, 7) is 0. The second-order valence-electron chi connectivity index (χ2n) is 3.20. The number of fused-ring (bicyclic) bond motifs is 1. The Morgan fingerprint density at radius 3 is 2.76 bits per heavy atom. The number of nitrogens with one attached hydrogen (secondary N) is 1. The third-order valence-electron chi connectivity index (χ3n) is 2.03. The molecule has 17 heavy (non-hydrogen) atoms. The van der Waals surface area contributed by atoms with Gasteiger partial charge in [0.1, 0.15) is 4.88 Å². The van der Waals surface area contributed by atoms with Gasteiger partial charge in [-0.15, -0.1) is 11.3 Å².